The second-order valence-corrected chi connectivity index (χ2v) is 20.2. The fourth-order valence-corrected chi connectivity index (χ4v) is 15.4. The van der Waals surface area contributed by atoms with Gasteiger partial charge in [-0.25, -0.2) is 0 Å². The van der Waals surface area contributed by atoms with E-state index in [0.29, 0.717) is 0 Å². The zero-order valence-corrected chi connectivity index (χ0v) is 34.3. The fraction of sp³-hybridized carbons (Fsp3) is 0.0526. The van der Waals surface area contributed by atoms with Gasteiger partial charge >= 0.3 is 0 Å². The Morgan fingerprint density at radius 1 is 0.322 bits per heavy atom. The van der Waals surface area contributed by atoms with Gasteiger partial charge in [0.05, 0.1) is 0 Å². The van der Waals surface area contributed by atoms with Crippen molar-refractivity contribution in [3.05, 3.63) is 236 Å². The van der Waals surface area contributed by atoms with Gasteiger partial charge in [0.1, 0.15) is 0 Å². The van der Waals surface area contributed by atoms with Crippen LogP contribution < -0.4 is 25.6 Å². The van der Waals surface area contributed by atoms with E-state index in [4.69, 9.17) is 0 Å². The van der Waals surface area contributed by atoms with Gasteiger partial charge in [0.2, 0.25) is 0 Å². The van der Waals surface area contributed by atoms with Crippen LogP contribution in [0.15, 0.2) is 224 Å². The molecule has 2 heteroatoms. The van der Waals surface area contributed by atoms with Crippen molar-refractivity contribution in [2.45, 2.75) is 19.3 Å². The van der Waals surface area contributed by atoms with Crippen LogP contribution in [0, 0.1) is 0 Å². The lowest BCUT2D eigenvalue weighted by Crippen LogP contribution is -2.72. The molecule has 0 N–H and O–H groups in total. The summed E-state index contributed by atoms with van der Waals surface area (Å²) >= 11 is 0. The van der Waals surface area contributed by atoms with Crippen LogP contribution in [0.4, 0.5) is 17.1 Å². The van der Waals surface area contributed by atoms with Crippen LogP contribution >= 0.6 is 0 Å². The third-order valence-electron chi connectivity index (χ3n) is 13.0. The summed E-state index contributed by atoms with van der Waals surface area (Å²) in [7, 11) is -2.70. The maximum Gasteiger partial charge on any atom is 0.180 e. The van der Waals surface area contributed by atoms with Crippen LogP contribution in [0.1, 0.15) is 25.0 Å². The summed E-state index contributed by atoms with van der Waals surface area (Å²) in [6.07, 6.45) is 0. The average molecular weight is 770 g/mol. The first-order valence-corrected chi connectivity index (χ1v) is 22.7. The van der Waals surface area contributed by atoms with E-state index < -0.39 is 8.07 Å². The van der Waals surface area contributed by atoms with E-state index in [0.717, 1.165) is 17.1 Å². The lowest BCUT2D eigenvalue weighted by atomic mass is 9.81. The molecule has 59 heavy (non-hydrogen) atoms. The van der Waals surface area contributed by atoms with Crippen molar-refractivity contribution in [3.63, 3.8) is 0 Å². The average Bonchev–Trinajstić information content (AvgIpc) is 3.73. The molecular weight excluding hydrogens is 727 g/mol. The maximum absolute atomic E-state index is 2.70. The number of hydrogen-bond donors (Lipinski definition) is 0. The number of fused-ring (bicyclic) bond motifs is 6. The Balaban J connectivity index is 1.09. The zero-order valence-electron chi connectivity index (χ0n) is 33.3. The molecule has 0 fully saturated rings. The van der Waals surface area contributed by atoms with Crippen LogP contribution in [0.2, 0.25) is 0 Å². The Bertz CT molecular complexity index is 2970. The quantitative estimate of drug-likeness (QED) is 0.146. The van der Waals surface area contributed by atoms with Crippen LogP contribution in [0.25, 0.3) is 44.5 Å². The molecule has 1 aliphatic carbocycles. The molecule has 1 heterocycles. The van der Waals surface area contributed by atoms with Crippen molar-refractivity contribution in [1.82, 2.24) is 0 Å². The molecule has 2 aliphatic rings. The Hall–Kier alpha value is -7.00. The normalized spacial score (nSPS) is 13.9. The summed E-state index contributed by atoms with van der Waals surface area (Å²) in [4.78, 5) is 2.45. The Labute approximate surface area is 348 Å². The predicted octanol–water partition coefficient (Wildman–Crippen LogP) is 12.2. The van der Waals surface area contributed by atoms with Gasteiger partial charge in [-0.1, -0.05) is 196 Å². The molecule has 0 radical (unpaired) electrons. The molecule has 0 spiro atoms. The molecule has 0 saturated carbocycles. The molecular formula is C57H43NSi. The highest BCUT2D eigenvalue weighted by atomic mass is 28.3. The second kappa shape index (κ2) is 13.8. The predicted molar refractivity (Wildman–Crippen MR) is 252 cm³/mol. The standard InChI is InChI=1S/C57H43NSi/c1-57(2)53-28-12-9-25-49(53)50-36-33-43(38-54(50)57)42-19-15-20-45(37-42)58(44-34-31-41(32-35-44)40-17-5-3-6-18-40)46-21-16-24-48(39-46)59(47-22-7-4-8-23-47)55-29-13-10-26-51(55)52-27-11-14-30-56(52)59/h3-39H,1-2H3. The highest BCUT2D eigenvalue weighted by molar-refractivity contribution is 7.22. The molecule has 280 valence electrons. The zero-order chi connectivity index (χ0) is 39.6. The minimum absolute atomic E-state index is 0.0669. The summed E-state index contributed by atoms with van der Waals surface area (Å²) in [6.45, 7) is 4.72. The topological polar surface area (TPSA) is 3.24 Å². The van der Waals surface area contributed by atoms with Crippen LogP contribution in [-0.2, 0) is 5.41 Å². The molecule has 0 saturated heterocycles. The van der Waals surface area contributed by atoms with Crippen LogP contribution in [0.3, 0.4) is 0 Å². The van der Waals surface area contributed by atoms with Gasteiger partial charge in [-0.3, -0.25) is 0 Å². The molecule has 0 atom stereocenters. The lowest BCUT2D eigenvalue weighted by molar-refractivity contribution is 0.660. The molecule has 1 aliphatic heterocycles. The molecule has 9 aromatic rings. The fourth-order valence-electron chi connectivity index (χ4n) is 10.2. The second-order valence-electron chi connectivity index (χ2n) is 16.5. The third-order valence-corrected chi connectivity index (χ3v) is 17.8. The van der Waals surface area contributed by atoms with E-state index in [-0.39, 0.29) is 5.41 Å². The van der Waals surface area contributed by atoms with E-state index in [2.05, 4.69) is 243 Å². The van der Waals surface area contributed by atoms with Crippen molar-refractivity contribution >= 4 is 45.9 Å². The lowest BCUT2D eigenvalue weighted by Gasteiger charge is -2.33. The molecule has 0 aromatic heterocycles. The number of rotatable bonds is 7. The minimum atomic E-state index is -2.70. The van der Waals surface area contributed by atoms with Gasteiger partial charge in [-0.2, -0.15) is 0 Å². The van der Waals surface area contributed by atoms with Gasteiger partial charge in [0.25, 0.3) is 0 Å². The molecule has 1 nitrogen and oxygen atoms in total. The summed E-state index contributed by atoms with van der Waals surface area (Å²) < 4.78 is 0. The van der Waals surface area contributed by atoms with E-state index in [1.807, 2.05) is 0 Å². The van der Waals surface area contributed by atoms with Gasteiger partial charge < -0.3 is 4.90 Å². The first kappa shape index (κ1) is 35.2. The van der Waals surface area contributed by atoms with Crippen molar-refractivity contribution in [1.29, 1.82) is 0 Å². The first-order chi connectivity index (χ1) is 29.0. The number of benzene rings is 9. The summed E-state index contributed by atoms with van der Waals surface area (Å²) in [5.74, 6) is 0. The monoisotopic (exact) mass is 769 g/mol. The van der Waals surface area contributed by atoms with Crippen molar-refractivity contribution in [2.24, 2.45) is 0 Å². The van der Waals surface area contributed by atoms with Gasteiger partial charge in [0.15, 0.2) is 8.07 Å². The van der Waals surface area contributed by atoms with Crippen molar-refractivity contribution in [2.75, 3.05) is 4.90 Å². The smallest absolute Gasteiger partial charge is 0.180 e. The summed E-state index contributed by atoms with van der Waals surface area (Å²) in [5.41, 5.74) is 16.3. The number of nitrogens with zero attached hydrogens (tertiary/aromatic N) is 1. The van der Waals surface area contributed by atoms with E-state index in [9.17, 15) is 0 Å². The Kier molecular flexibility index (Phi) is 8.25. The Morgan fingerprint density at radius 3 is 1.53 bits per heavy atom. The number of anilines is 3. The van der Waals surface area contributed by atoms with Gasteiger partial charge in [0, 0.05) is 22.5 Å². The van der Waals surface area contributed by atoms with Crippen molar-refractivity contribution in [3.8, 4) is 44.5 Å². The summed E-state index contributed by atoms with van der Waals surface area (Å²) in [5, 5.41) is 5.68. The third kappa shape index (κ3) is 5.51. The van der Waals surface area contributed by atoms with Crippen LogP contribution in [-0.4, -0.2) is 8.07 Å². The molecule has 9 aromatic carbocycles. The maximum atomic E-state index is 2.49. The molecule has 11 rings (SSSR count). The summed E-state index contributed by atoms with van der Waals surface area (Å²) in [6, 6.07) is 83.8. The van der Waals surface area contributed by atoms with Gasteiger partial charge in [-0.05, 0) is 119 Å². The van der Waals surface area contributed by atoms with E-state index in [1.54, 1.807) is 0 Å². The first-order valence-electron chi connectivity index (χ1n) is 20.7. The SMILES string of the molecule is CC1(C)c2ccccc2-c2ccc(-c3cccc(N(c4ccc(-c5ccccc5)cc4)c4cccc([Si]5(c6ccccc6)c6ccccc6-c6ccccc65)c4)c3)cc21. The Morgan fingerprint density at radius 2 is 0.814 bits per heavy atom. The molecule has 0 amide bonds. The molecule has 0 bridgehead atoms. The van der Waals surface area contributed by atoms with Gasteiger partial charge in [-0.15, -0.1) is 0 Å². The highest BCUT2D eigenvalue weighted by Crippen LogP contribution is 2.50. The van der Waals surface area contributed by atoms with Crippen molar-refractivity contribution < 1.29 is 0 Å². The minimum Gasteiger partial charge on any atom is -0.310 e. The largest absolute Gasteiger partial charge is 0.310 e. The van der Waals surface area contributed by atoms with Crippen LogP contribution in [0.5, 0.6) is 0 Å². The van der Waals surface area contributed by atoms with E-state index in [1.165, 1.54) is 76.4 Å². The molecule has 0 unspecified atom stereocenters. The number of hydrogen-bond acceptors (Lipinski definition) is 1. The van der Waals surface area contributed by atoms with E-state index >= 15 is 0 Å². The highest BCUT2D eigenvalue weighted by Gasteiger charge is 2.48.